The molecule has 0 amide bonds. The average molecular weight is 395 g/mol. The summed E-state index contributed by atoms with van der Waals surface area (Å²) in [7, 11) is 0. The van der Waals surface area contributed by atoms with Crippen LogP contribution in [0.2, 0.25) is 0 Å². The standard InChI is InChI=1S/C15H14IN3S/c16-10-4-6-11(7-5-10)18-15-12(14(17)20)8-9-2-1-3-13(9)19-15/h4-8H,1-3H2,(H2,17,20)(H,18,19). The van der Waals surface area contributed by atoms with Crippen LogP contribution in [0.5, 0.6) is 0 Å². The second-order valence-corrected chi connectivity index (χ2v) is 6.53. The Hall–Kier alpha value is -1.21. The highest BCUT2D eigenvalue weighted by atomic mass is 127. The first kappa shape index (κ1) is 13.8. The van der Waals surface area contributed by atoms with Crippen molar-refractivity contribution in [1.82, 2.24) is 4.98 Å². The van der Waals surface area contributed by atoms with Crippen LogP contribution in [-0.2, 0) is 12.8 Å². The topological polar surface area (TPSA) is 50.9 Å². The molecule has 0 unspecified atom stereocenters. The molecule has 0 fully saturated rings. The zero-order valence-electron chi connectivity index (χ0n) is 10.8. The summed E-state index contributed by atoms with van der Waals surface area (Å²) >= 11 is 7.44. The Balaban J connectivity index is 1.99. The maximum atomic E-state index is 5.84. The van der Waals surface area contributed by atoms with Crippen LogP contribution in [0.15, 0.2) is 30.3 Å². The van der Waals surface area contributed by atoms with Crippen LogP contribution >= 0.6 is 34.8 Å². The van der Waals surface area contributed by atoms with Gasteiger partial charge in [-0.1, -0.05) is 12.2 Å². The second kappa shape index (κ2) is 5.65. The summed E-state index contributed by atoms with van der Waals surface area (Å²) in [6.07, 6.45) is 3.27. The van der Waals surface area contributed by atoms with Crippen LogP contribution in [0.4, 0.5) is 11.5 Å². The zero-order valence-corrected chi connectivity index (χ0v) is 13.8. The second-order valence-electron chi connectivity index (χ2n) is 4.84. The van der Waals surface area contributed by atoms with Gasteiger partial charge in [0.1, 0.15) is 10.8 Å². The molecule has 3 N–H and O–H groups in total. The maximum absolute atomic E-state index is 5.84. The summed E-state index contributed by atoms with van der Waals surface area (Å²) < 4.78 is 1.20. The number of hydrogen-bond donors (Lipinski definition) is 2. The summed E-state index contributed by atoms with van der Waals surface area (Å²) in [5.74, 6) is 0.763. The lowest BCUT2D eigenvalue weighted by Crippen LogP contribution is -2.14. The molecule has 1 aromatic heterocycles. The van der Waals surface area contributed by atoms with Gasteiger partial charge in [0.25, 0.3) is 0 Å². The van der Waals surface area contributed by atoms with Crippen LogP contribution in [0, 0.1) is 3.57 Å². The van der Waals surface area contributed by atoms with Gasteiger partial charge in [0.2, 0.25) is 0 Å². The largest absolute Gasteiger partial charge is 0.389 e. The SMILES string of the molecule is NC(=S)c1cc2c(nc1Nc1ccc(I)cc1)CCC2. The zero-order chi connectivity index (χ0) is 14.1. The lowest BCUT2D eigenvalue weighted by molar-refractivity contribution is 0.900. The molecule has 0 spiro atoms. The van der Waals surface area contributed by atoms with E-state index in [0.717, 1.165) is 42.0 Å². The number of fused-ring (bicyclic) bond motifs is 1. The average Bonchev–Trinajstić information content (AvgIpc) is 2.87. The van der Waals surface area contributed by atoms with Gasteiger partial charge in [-0.2, -0.15) is 0 Å². The Labute approximate surface area is 137 Å². The van der Waals surface area contributed by atoms with E-state index < -0.39 is 0 Å². The van der Waals surface area contributed by atoms with E-state index in [4.69, 9.17) is 22.9 Å². The minimum Gasteiger partial charge on any atom is -0.389 e. The van der Waals surface area contributed by atoms with Crippen molar-refractivity contribution >= 4 is 51.3 Å². The van der Waals surface area contributed by atoms with Gasteiger partial charge in [-0.05, 0) is 77.7 Å². The molecular weight excluding hydrogens is 381 g/mol. The van der Waals surface area contributed by atoms with Crippen molar-refractivity contribution in [3.8, 4) is 0 Å². The smallest absolute Gasteiger partial charge is 0.140 e. The number of pyridine rings is 1. The van der Waals surface area contributed by atoms with Crippen molar-refractivity contribution in [3.05, 3.63) is 50.7 Å². The number of benzene rings is 1. The summed E-state index contributed by atoms with van der Waals surface area (Å²) in [6.45, 7) is 0. The number of aryl methyl sites for hydroxylation is 2. The maximum Gasteiger partial charge on any atom is 0.140 e. The van der Waals surface area contributed by atoms with Gasteiger partial charge >= 0.3 is 0 Å². The minimum absolute atomic E-state index is 0.389. The quantitative estimate of drug-likeness (QED) is 0.617. The van der Waals surface area contributed by atoms with Gasteiger partial charge in [0.05, 0.1) is 5.56 Å². The number of nitrogens with one attached hydrogen (secondary N) is 1. The molecule has 2 aromatic rings. The molecule has 1 heterocycles. The number of aromatic nitrogens is 1. The van der Waals surface area contributed by atoms with E-state index in [2.05, 4.69) is 46.1 Å². The molecule has 1 aliphatic rings. The molecule has 5 heteroatoms. The van der Waals surface area contributed by atoms with E-state index >= 15 is 0 Å². The third kappa shape index (κ3) is 2.78. The summed E-state index contributed by atoms with van der Waals surface area (Å²) in [4.78, 5) is 5.10. The Morgan fingerprint density at radius 1 is 1.25 bits per heavy atom. The van der Waals surface area contributed by atoms with Gasteiger partial charge in [-0.25, -0.2) is 4.98 Å². The van der Waals surface area contributed by atoms with Gasteiger partial charge in [0.15, 0.2) is 0 Å². The van der Waals surface area contributed by atoms with E-state index in [1.165, 1.54) is 9.13 Å². The minimum atomic E-state index is 0.389. The van der Waals surface area contributed by atoms with E-state index in [1.54, 1.807) is 0 Å². The van der Waals surface area contributed by atoms with Gasteiger partial charge < -0.3 is 11.1 Å². The van der Waals surface area contributed by atoms with Crippen LogP contribution in [0.1, 0.15) is 23.2 Å². The summed E-state index contributed by atoms with van der Waals surface area (Å²) in [5.41, 5.74) is 10.1. The number of nitrogens with two attached hydrogens (primary N) is 1. The lowest BCUT2D eigenvalue weighted by Gasteiger charge is -2.12. The number of thiocarbonyl (C=S) groups is 1. The highest BCUT2D eigenvalue weighted by Crippen LogP contribution is 2.27. The molecule has 1 aliphatic carbocycles. The molecule has 0 atom stereocenters. The Bertz CT molecular complexity index is 668. The van der Waals surface area contributed by atoms with Gasteiger partial charge in [-0.15, -0.1) is 0 Å². The monoisotopic (exact) mass is 395 g/mol. The first-order chi connectivity index (χ1) is 9.63. The van der Waals surface area contributed by atoms with Gasteiger partial charge in [-0.3, -0.25) is 0 Å². The highest BCUT2D eigenvalue weighted by Gasteiger charge is 2.17. The van der Waals surface area contributed by atoms with Crippen molar-refractivity contribution in [3.63, 3.8) is 0 Å². The highest BCUT2D eigenvalue weighted by molar-refractivity contribution is 14.1. The van der Waals surface area contributed by atoms with Gasteiger partial charge in [0, 0.05) is 15.0 Å². The van der Waals surface area contributed by atoms with E-state index in [-0.39, 0.29) is 0 Å². The Kier molecular flexibility index (Phi) is 3.89. The first-order valence-electron chi connectivity index (χ1n) is 6.48. The Morgan fingerprint density at radius 2 is 2.00 bits per heavy atom. The molecule has 0 saturated carbocycles. The molecule has 0 bridgehead atoms. The van der Waals surface area contributed by atoms with Crippen LogP contribution in [0.3, 0.4) is 0 Å². The van der Waals surface area contributed by atoms with Crippen molar-refractivity contribution in [2.45, 2.75) is 19.3 Å². The predicted octanol–water partition coefficient (Wildman–Crippen LogP) is 3.55. The van der Waals surface area contributed by atoms with Crippen molar-refractivity contribution in [2.75, 3.05) is 5.32 Å². The van der Waals surface area contributed by atoms with Crippen LogP contribution < -0.4 is 11.1 Å². The fourth-order valence-corrected chi connectivity index (χ4v) is 2.94. The fraction of sp³-hybridized carbons (Fsp3) is 0.200. The molecule has 0 aliphatic heterocycles. The lowest BCUT2D eigenvalue weighted by atomic mass is 10.1. The molecule has 102 valence electrons. The van der Waals surface area contributed by atoms with Crippen molar-refractivity contribution in [2.24, 2.45) is 5.73 Å². The fourth-order valence-electron chi connectivity index (χ4n) is 2.43. The molecule has 3 rings (SSSR count). The van der Waals surface area contributed by atoms with E-state index in [0.29, 0.717) is 4.99 Å². The third-order valence-electron chi connectivity index (χ3n) is 3.42. The van der Waals surface area contributed by atoms with Crippen LogP contribution in [-0.4, -0.2) is 9.97 Å². The predicted molar refractivity (Wildman–Crippen MR) is 94.6 cm³/mol. The number of hydrogen-bond acceptors (Lipinski definition) is 3. The molecule has 0 radical (unpaired) electrons. The number of anilines is 2. The number of halogens is 1. The normalized spacial score (nSPS) is 13.1. The third-order valence-corrected chi connectivity index (χ3v) is 4.36. The number of nitrogens with zero attached hydrogens (tertiary/aromatic N) is 1. The summed E-state index contributed by atoms with van der Waals surface area (Å²) in [6, 6.07) is 10.3. The number of rotatable bonds is 3. The molecular formula is C15H14IN3S. The Morgan fingerprint density at radius 3 is 2.70 bits per heavy atom. The van der Waals surface area contributed by atoms with Crippen molar-refractivity contribution < 1.29 is 0 Å². The summed E-state index contributed by atoms with van der Waals surface area (Å²) in [5, 5.41) is 3.33. The van der Waals surface area contributed by atoms with Crippen LogP contribution in [0.25, 0.3) is 0 Å². The van der Waals surface area contributed by atoms with Crippen molar-refractivity contribution in [1.29, 1.82) is 0 Å². The molecule has 1 aromatic carbocycles. The molecule has 0 saturated heterocycles. The first-order valence-corrected chi connectivity index (χ1v) is 7.97. The van der Waals surface area contributed by atoms with E-state index in [9.17, 15) is 0 Å². The van der Waals surface area contributed by atoms with E-state index in [1.807, 2.05) is 12.1 Å². The molecule has 20 heavy (non-hydrogen) atoms. The molecule has 3 nitrogen and oxygen atoms in total.